The Balaban J connectivity index is 2.32. The molecule has 0 spiro atoms. The zero-order chi connectivity index (χ0) is 15.5. The monoisotopic (exact) mass is 311 g/mol. The first-order chi connectivity index (χ1) is 9.95. The zero-order valence-corrected chi connectivity index (χ0v) is 11.5. The first kappa shape index (κ1) is 15.2. The van der Waals surface area contributed by atoms with Crippen LogP contribution in [-0.2, 0) is 10.0 Å². The lowest BCUT2D eigenvalue weighted by Gasteiger charge is -2.16. The van der Waals surface area contributed by atoms with E-state index in [-0.39, 0.29) is 0 Å². The summed E-state index contributed by atoms with van der Waals surface area (Å²) in [6, 6.07) is 7.56. The van der Waals surface area contributed by atoms with E-state index < -0.39 is 39.2 Å². The Morgan fingerprint density at radius 1 is 1.33 bits per heavy atom. The maximum Gasteiger partial charge on any atom is 0.340 e. The Morgan fingerprint density at radius 3 is 2.57 bits per heavy atom. The van der Waals surface area contributed by atoms with Crippen molar-refractivity contribution in [3.05, 3.63) is 47.7 Å². The van der Waals surface area contributed by atoms with Gasteiger partial charge in [-0.05, 0) is 5.56 Å². The number of sulfonamides is 1. The average Bonchev–Trinajstić information content (AvgIpc) is 2.96. The molecule has 2 aromatic rings. The number of nitrogens with zero attached hydrogens (tertiary/aromatic N) is 1. The molecule has 112 valence electrons. The maximum absolute atomic E-state index is 12.2. The Kier molecular flexibility index (Phi) is 4.36. The van der Waals surface area contributed by atoms with E-state index in [0.717, 1.165) is 6.20 Å². The molecule has 4 N–H and O–H groups in total. The van der Waals surface area contributed by atoms with Crippen molar-refractivity contribution in [2.24, 2.45) is 0 Å². The van der Waals surface area contributed by atoms with Crippen molar-refractivity contribution in [1.29, 1.82) is 0 Å². The van der Waals surface area contributed by atoms with E-state index >= 15 is 0 Å². The van der Waals surface area contributed by atoms with Crippen molar-refractivity contribution in [2.45, 2.75) is 11.1 Å². The van der Waals surface area contributed by atoms with E-state index in [1.165, 1.54) is 0 Å². The van der Waals surface area contributed by atoms with Gasteiger partial charge in [0.1, 0.15) is 5.56 Å². The molecular formula is C12H13N3O5S. The highest BCUT2D eigenvalue weighted by atomic mass is 32.2. The van der Waals surface area contributed by atoms with E-state index in [2.05, 4.69) is 14.9 Å². The Morgan fingerprint density at radius 2 is 2.00 bits per heavy atom. The zero-order valence-electron chi connectivity index (χ0n) is 10.7. The van der Waals surface area contributed by atoms with Crippen LogP contribution in [-0.4, -0.2) is 41.4 Å². The molecular weight excluding hydrogens is 298 g/mol. The van der Waals surface area contributed by atoms with E-state index in [9.17, 15) is 18.3 Å². The predicted molar refractivity (Wildman–Crippen MR) is 72.1 cm³/mol. The van der Waals surface area contributed by atoms with Gasteiger partial charge in [-0.15, -0.1) is 0 Å². The fourth-order valence-corrected chi connectivity index (χ4v) is 3.08. The summed E-state index contributed by atoms with van der Waals surface area (Å²) < 4.78 is 26.7. The van der Waals surface area contributed by atoms with Gasteiger partial charge in [0.05, 0.1) is 18.8 Å². The van der Waals surface area contributed by atoms with Crippen LogP contribution in [0.4, 0.5) is 0 Å². The highest BCUT2D eigenvalue weighted by molar-refractivity contribution is 7.89. The summed E-state index contributed by atoms with van der Waals surface area (Å²) in [5.74, 6) is -1.41. The van der Waals surface area contributed by atoms with Crippen LogP contribution in [0.1, 0.15) is 22.0 Å². The second-order valence-corrected chi connectivity index (χ2v) is 5.84. The molecule has 2 rings (SSSR count). The number of H-pyrrole nitrogens is 1. The normalized spacial score (nSPS) is 13.0. The smallest absolute Gasteiger partial charge is 0.340 e. The van der Waals surface area contributed by atoms with Gasteiger partial charge in [-0.3, -0.25) is 5.10 Å². The van der Waals surface area contributed by atoms with Crippen molar-refractivity contribution >= 4 is 16.0 Å². The summed E-state index contributed by atoms with van der Waals surface area (Å²) >= 11 is 0. The number of rotatable bonds is 6. The third-order valence-corrected chi connectivity index (χ3v) is 4.23. The number of aliphatic hydroxyl groups excluding tert-OH is 1. The molecule has 0 aliphatic rings. The fourth-order valence-electron chi connectivity index (χ4n) is 1.77. The highest BCUT2D eigenvalue weighted by Crippen LogP contribution is 2.18. The summed E-state index contributed by atoms with van der Waals surface area (Å²) in [5, 5.41) is 23.3. The highest BCUT2D eigenvalue weighted by Gasteiger charge is 2.27. The van der Waals surface area contributed by atoms with Crippen LogP contribution in [0.5, 0.6) is 0 Å². The minimum atomic E-state index is -4.16. The van der Waals surface area contributed by atoms with Gasteiger partial charge in [-0.25, -0.2) is 13.2 Å². The van der Waals surface area contributed by atoms with Gasteiger partial charge in [0, 0.05) is 0 Å². The number of hydrogen-bond acceptors (Lipinski definition) is 5. The van der Waals surface area contributed by atoms with Crippen LogP contribution >= 0.6 is 0 Å². The number of carboxylic acids is 1. The van der Waals surface area contributed by atoms with Gasteiger partial charge in [0.2, 0.25) is 0 Å². The van der Waals surface area contributed by atoms with Crippen LogP contribution in [0, 0.1) is 0 Å². The van der Waals surface area contributed by atoms with Crippen molar-refractivity contribution in [3.63, 3.8) is 0 Å². The largest absolute Gasteiger partial charge is 0.478 e. The summed E-state index contributed by atoms with van der Waals surface area (Å²) in [5.41, 5.74) is 0.0900. The van der Waals surface area contributed by atoms with Gasteiger partial charge < -0.3 is 10.2 Å². The minimum absolute atomic E-state index is 0.466. The number of nitrogens with one attached hydrogen (secondary N) is 2. The summed E-state index contributed by atoms with van der Waals surface area (Å²) in [7, 11) is -4.16. The molecule has 8 nitrogen and oxygen atoms in total. The second-order valence-electron chi connectivity index (χ2n) is 4.19. The molecule has 0 amide bonds. The van der Waals surface area contributed by atoms with Crippen molar-refractivity contribution in [1.82, 2.24) is 14.9 Å². The number of aromatic carboxylic acids is 1. The summed E-state index contributed by atoms with van der Waals surface area (Å²) in [4.78, 5) is 11.0. The van der Waals surface area contributed by atoms with Gasteiger partial charge in [-0.1, -0.05) is 30.3 Å². The van der Waals surface area contributed by atoms with E-state index in [1.807, 2.05) is 0 Å². The molecule has 0 saturated carbocycles. The third-order valence-electron chi connectivity index (χ3n) is 2.79. The second kappa shape index (κ2) is 6.04. The van der Waals surface area contributed by atoms with Crippen LogP contribution in [0.3, 0.4) is 0 Å². The van der Waals surface area contributed by atoms with Gasteiger partial charge in [0.15, 0.2) is 5.03 Å². The first-order valence-electron chi connectivity index (χ1n) is 5.90. The molecule has 1 heterocycles. The number of aromatic amines is 1. The molecule has 0 radical (unpaired) electrons. The quantitative estimate of drug-likeness (QED) is 0.599. The molecule has 0 aliphatic heterocycles. The van der Waals surface area contributed by atoms with E-state index in [0.29, 0.717) is 5.56 Å². The maximum atomic E-state index is 12.2. The van der Waals surface area contributed by atoms with Gasteiger partial charge >= 0.3 is 5.97 Å². The molecule has 1 atom stereocenters. The van der Waals surface area contributed by atoms with Crippen LogP contribution in [0.2, 0.25) is 0 Å². The van der Waals surface area contributed by atoms with Crippen LogP contribution in [0.15, 0.2) is 41.6 Å². The average molecular weight is 311 g/mol. The standard InChI is InChI=1S/C12H13N3O5S/c16-7-10(8-4-2-1-3-5-8)15-21(19,20)11-9(12(17)18)6-13-14-11/h1-6,10,15-16H,7H2,(H,13,14)(H,17,18)/t10-/m1/s1. The lowest BCUT2D eigenvalue weighted by Crippen LogP contribution is -2.32. The molecule has 0 bridgehead atoms. The number of carbonyl (C=O) groups is 1. The molecule has 0 fully saturated rings. The number of carboxylic acid groups (broad SMARTS) is 1. The molecule has 1 aromatic heterocycles. The topological polar surface area (TPSA) is 132 Å². The fraction of sp³-hybridized carbons (Fsp3) is 0.167. The lowest BCUT2D eigenvalue weighted by atomic mass is 10.1. The van der Waals surface area contributed by atoms with Crippen LogP contribution in [0.25, 0.3) is 0 Å². The van der Waals surface area contributed by atoms with Gasteiger partial charge in [0.25, 0.3) is 10.0 Å². The van der Waals surface area contributed by atoms with Crippen molar-refractivity contribution in [3.8, 4) is 0 Å². The van der Waals surface area contributed by atoms with Crippen molar-refractivity contribution in [2.75, 3.05) is 6.61 Å². The number of benzene rings is 1. The Hall–Kier alpha value is -2.23. The molecule has 9 heteroatoms. The SMILES string of the molecule is O=C(O)c1cn[nH]c1S(=O)(=O)N[C@H](CO)c1ccccc1. The Labute approximate surface area is 120 Å². The van der Waals surface area contributed by atoms with E-state index in [4.69, 9.17) is 5.11 Å². The third kappa shape index (κ3) is 3.27. The number of aliphatic hydroxyl groups is 1. The number of aromatic nitrogens is 2. The van der Waals surface area contributed by atoms with Gasteiger partial charge in [-0.2, -0.15) is 9.82 Å². The first-order valence-corrected chi connectivity index (χ1v) is 7.39. The predicted octanol–water partition coefficient (Wildman–Crippen LogP) is 0.120. The van der Waals surface area contributed by atoms with Crippen LogP contribution < -0.4 is 4.72 Å². The minimum Gasteiger partial charge on any atom is -0.478 e. The lowest BCUT2D eigenvalue weighted by molar-refractivity contribution is 0.0692. The Bertz CT molecular complexity index is 726. The molecule has 0 aliphatic carbocycles. The summed E-state index contributed by atoms with van der Waals surface area (Å²) in [6.45, 7) is -0.472. The van der Waals surface area contributed by atoms with E-state index in [1.54, 1.807) is 30.3 Å². The molecule has 21 heavy (non-hydrogen) atoms. The number of hydrogen-bond donors (Lipinski definition) is 4. The molecule has 1 aromatic carbocycles. The summed E-state index contributed by atoms with van der Waals surface area (Å²) in [6.07, 6.45) is 0.910. The molecule has 0 unspecified atom stereocenters. The van der Waals surface area contributed by atoms with Crippen molar-refractivity contribution < 1.29 is 23.4 Å². The molecule has 0 saturated heterocycles.